The second-order valence-corrected chi connectivity index (χ2v) is 6.78. The maximum absolute atomic E-state index is 5.76. The molecule has 19 heavy (non-hydrogen) atoms. The number of nitrogens with zero attached hydrogens (tertiary/aromatic N) is 1. The average Bonchev–Trinajstić information content (AvgIpc) is 2.36. The Morgan fingerprint density at radius 2 is 1.79 bits per heavy atom. The van der Waals surface area contributed by atoms with Crippen LogP contribution in [0.2, 0.25) is 0 Å². The number of piperidine rings is 1. The van der Waals surface area contributed by atoms with Crippen molar-refractivity contribution in [1.29, 1.82) is 0 Å². The highest BCUT2D eigenvalue weighted by Gasteiger charge is 2.20. The van der Waals surface area contributed by atoms with Gasteiger partial charge in [-0.15, -0.1) is 0 Å². The van der Waals surface area contributed by atoms with Crippen LogP contribution in [-0.2, 0) is 0 Å². The Morgan fingerprint density at radius 1 is 1.16 bits per heavy atom. The molecule has 0 spiro atoms. The van der Waals surface area contributed by atoms with Gasteiger partial charge in [-0.3, -0.25) is 0 Å². The van der Waals surface area contributed by atoms with E-state index in [1.165, 1.54) is 19.5 Å². The summed E-state index contributed by atoms with van der Waals surface area (Å²) in [6.07, 6.45) is 2.49. The fourth-order valence-electron chi connectivity index (χ4n) is 2.98. The number of likely N-dealkylation sites (tertiary alicyclic amines) is 1. The largest absolute Gasteiger partial charge is 0.494 e. The van der Waals surface area contributed by atoms with Crippen molar-refractivity contribution in [2.75, 3.05) is 26.2 Å². The van der Waals surface area contributed by atoms with E-state index in [2.05, 4.69) is 34.7 Å². The third kappa shape index (κ3) is 5.15. The highest BCUT2D eigenvalue weighted by atomic mass is 79.9. The molecule has 1 aliphatic rings. The third-order valence-electron chi connectivity index (χ3n) is 3.65. The van der Waals surface area contributed by atoms with Crippen molar-refractivity contribution in [3.05, 3.63) is 28.7 Å². The number of hydrogen-bond acceptors (Lipinski definition) is 2. The monoisotopic (exact) mass is 325 g/mol. The summed E-state index contributed by atoms with van der Waals surface area (Å²) in [6, 6.07) is 8.05. The van der Waals surface area contributed by atoms with E-state index in [4.69, 9.17) is 4.74 Å². The summed E-state index contributed by atoms with van der Waals surface area (Å²) in [5.74, 6) is 2.65. The molecule has 2 atom stereocenters. The van der Waals surface area contributed by atoms with E-state index in [0.29, 0.717) is 0 Å². The van der Waals surface area contributed by atoms with Gasteiger partial charge in [-0.05, 0) is 48.9 Å². The fourth-order valence-corrected chi connectivity index (χ4v) is 3.25. The molecule has 2 rings (SSSR count). The summed E-state index contributed by atoms with van der Waals surface area (Å²) in [4.78, 5) is 2.59. The van der Waals surface area contributed by atoms with Crippen LogP contribution in [0.4, 0.5) is 0 Å². The van der Waals surface area contributed by atoms with Gasteiger partial charge in [0.1, 0.15) is 5.75 Å². The number of hydrogen-bond donors (Lipinski definition) is 0. The average molecular weight is 326 g/mol. The normalized spacial score (nSPS) is 24.4. The molecule has 0 aliphatic carbocycles. The molecule has 3 heteroatoms. The molecule has 1 aliphatic heterocycles. The molecule has 1 heterocycles. The van der Waals surface area contributed by atoms with E-state index in [-0.39, 0.29) is 0 Å². The van der Waals surface area contributed by atoms with Gasteiger partial charge >= 0.3 is 0 Å². The maximum Gasteiger partial charge on any atom is 0.119 e. The number of benzene rings is 1. The summed E-state index contributed by atoms with van der Waals surface area (Å²) in [6.45, 7) is 9.19. The molecule has 0 saturated carbocycles. The molecule has 106 valence electrons. The first-order chi connectivity index (χ1) is 9.13. The predicted octanol–water partition coefficient (Wildman–Crippen LogP) is 4.20. The van der Waals surface area contributed by atoms with Gasteiger partial charge in [0.25, 0.3) is 0 Å². The zero-order valence-corrected chi connectivity index (χ0v) is 13.5. The minimum atomic E-state index is 0.806. The highest BCUT2D eigenvalue weighted by Crippen LogP contribution is 2.21. The Hall–Kier alpha value is -0.540. The second-order valence-electron chi connectivity index (χ2n) is 5.86. The van der Waals surface area contributed by atoms with Crippen molar-refractivity contribution in [2.24, 2.45) is 11.8 Å². The number of ether oxygens (including phenoxy) is 1. The van der Waals surface area contributed by atoms with Crippen LogP contribution >= 0.6 is 15.9 Å². The van der Waals surface area contributed by atoms with Crippen molar-refractivity contribution in [3.8, 4) is 5.75 Å². The maximum atomic E-state index is 5.76. The van der Waals surface area contributed by atoms with Crippen LogP contribution in [0, 0.1) is 11.8 Å². The first kappa shape index (κ1) is 14.9. The molecule has 0 aromatic heterocycles. The van der Waals surface area contributed by atoms with Crippen molar-refractivity contribution in [1.82, 2.24) is 4.90 Å². The Kier molecular flexibility index (Phi) is 5.71. The van der Waals surface area contributed by atoms with Gasteiger partial charge < -0.3 is 9.64 Å². The van der Waals surface area contributed by atoms with E-state index in [0.717, 1.165) is 41.6 Å². The van der Waals surface area contributed by atoms with Crippen LogP contribution in [0.1, 0.15) is 26.7 Å². The lowest BCUT2D eigenvalue weighted by atomic mass is 9.92. The molecule has 0 amide bonds. The van der Waals surface area contributed by atoms with E-state index >= 15 is 0 Å². The van der Waals surface area contributed by atoms with Crippen LogP contribution in [0.3, 0.4) is 0 Å². The molecule has 2 nitrogen and oxygen atoms in total. The van der Waals surface area contributed by atoms with Crippen molar-refractivity contribution in [2.45, 2.75) is 26.7 Å². The standard InChI is InChI=1S/C16H24BrNO/c1-13-10-14(2)12-18(11-13)8-3-9-19-16-6-4-15(17)5-7-16/h4-7,13-14H,3,8-12H2,1-2H3/t13-,14-/m0/s1. The topological polar surface area (TPSA) is 12.5 Å². The molecule has 1 aromatic rings. The van der Waals surface area contributed by atoms with Gasteiger partial charge in [-0.1, -0.05) is 29.8 Å². The predicted molar refractivity (Wildman–Crippen MR) is 83.6 cm³/mol. The van der Waals surface area contributed by atoms with Crippen LogP contribution in [0.25, 0.3) is 0 Å². The fraction of sp³-hybridized carbons (Fsp3) is 0.625. The lowest BCUT2D eigenvalue weighted by Crippen LogP contribution is -2.39. The van der Waals surface area contributed by atoms with E-state index in [1.54, 1.807) is 0 Å². The Labute approximate surface area is 125 Å². The molecule has 1 aromatic carbocycles. The minimum absolute atomic E-state index is 0.806. The molecular weight excluding hydrogens is 302 g/mol. The number of rotatable bonds is 5. The first-order valence-electron chi connectivity index (χ1n) is 7.24. The number of halogens is 1. The Morgan fingerprint density at radius 3 is 2.42 bits per heavy atom. The quantitative estimate of drug-likeness (QED) is 0.752. The summed E-state index contributed by atoms with van der Waals surface area (Å²) >= 11 is 3.43. The zero-order valence-electron chi connectivity index (χ0n) is 11.9. The SMILES string of the molecule is C[C@H]1C[C@H](C)CN(CCCOc2ccc(Br)cc2)C1. The van der Waals surface area contributed by atoms with Gasteiger partial charge in [-0.25, -0.2) is 0 Å². The van der Waals surface area contributed by atoms with Gasteiger partial charge in [0.05, 0.1) is 6.61 Å². The van der Waals surface area contributed by atoms with Gasteiger partial charge in [0.15, 0.2) is 0 Å². The van der Waals surface area contributed by atoms with Crippen LogP contribution in [0.5, 0.6) is 5.75 Å². The molecule has 0 unspecified atom stereocenters. The molecule has 1 fully saturated rings. The van der Waals surface area contributed by atoms with Crippen LogP contribution in [0.15, 0.2) is 28.7 Å². The van der Waals surface area contributed by atoms with Crippen molar-refractivity contribution in [3.63, 3.8) is 0 Å². The summed E-state index contributed by atoms with van der Waals surface area (Å²) in [5.41, 5.74) is 0. The Bertz CT molecular complexity index is 369. The second kappa shape index (κ2) is 7.30. The minimum Gasteiger partial charge on any atom is -0.494 e. The first-order valence-corrected chi connectivity index (χ1v) is 8.03. The van der Waals surface area contributed by atoms with Crippen LogP contribution < -0.4 is 4.74 Å². The molecule has 0 bridgehead atoms. The van der Waals surface area contributed by atoms with Crippen molar-refractivity contribution < 1.29 is 4.74 Å². The zero-order chi connectivity index (χ0) is 13.7. The van der Waals surface area contributed by atoms with Gasteiger partial charge in [0, 0.05) is 24.1 Å². The van der Waals surface area contributed by atoms with E-state index in [1.807, 2.05) is 24.3 Å². The van der Waals surface area contributed by atoms with E-state index in [9.17, 15) is 0 Å². The summed E-state index contributed by atoms with van der Waals surface area (Å²) in [5, 5.41) is 0. The van der Waals surface area contributed by atoms with Crippen LogP contribution in [-0.4, -0.2) is 31.1 Å². The van der Waals surface area contributed by atoms with Gasteiger partial charge in [0.2, 0.25) is 0 Å². The highest BCUT2D eigenvalue weighted by molar-refractivity contribution is 9.10. The van der Waals surface area contributed by atoms with Gasteiger partial charge in [-0.2, -0.15) is 0 Å². The smallest absolute Gasteiger partial charge is 0.119 e. The summed E-state index contributed by atoms with van der Waals surface area (Å²) < 4.78 is 6.85. The molecular formula is C16H24BrNO. The lowest BCUT2D eigenvalue weighted by Gasteiger charge is -2.34. The molecule has 0 N–H and O–H groups in total. The summed E-state index contributed by atoms with van der Waals surface area (Å²) in [7, 11) is 0. The molecule has 0 radical (unpaired) electrons. The lowest BCUT2D eigenvalue weighted by molar-refractivity contribution is 0.132. The van der Waals surface area contributed by atoms with Crippen molar-refractivity contribution >= 4 is 15.9 Å². The van der Waals surface area contributed by atoms with E-state index < -0.39 is 0 Å². The molecule has 1 saturated heterocycles. The Balaban J connectivity index is 1.65. The third-order valence-corrected chi connectivity index (χ3v) is 4.17.